The zero-order valence-corrected chi connectivity index (χ0v) is 11.9. The van der Waals surface area contributed by atoms with E-state index in [-0.39, 0.29) is 0 Å². The van der Waals surface area contributed by atoms with Crippen molar-refractivity contribution in [1.82, 2.24) is 29.9 Å². The summed E-state index contributed by atoms with van der Waals surface area (Å²) in [6, 6.07) is 0. The van der Waals surface area contributed by atoms with Crippen LogP contribution < -0.4 is 5.32 Å². The van der Waals surface area contributed by atoms with E-state index in [0.29, 0.717) is 11.6 Å². The number of nitrogens with zero attached hydrogens (tertiary/aromatic N) is 5. The molecule has 0 unspecified atom stereocenters. The minimum Gasteiger partial charge on any atom is -0.354 e. The maximum Gasteiger partial charge on any atom is 0.223 e. The van der Waals surface area contributed by atoms with Gasteiger partial charge >= 0.3 is 0 Å². The van der Waals surface area contributed by atoms with Crippen LogP contribution in [0.3, 0.4) is 0 Å². The van der Waals surface area contributed by atoms with Crippen molar-refractivity contribution in [3.05, 3.63) is 24.4 Å². The minimum absolute atomic E-state index is 0.621. The zero-order valence-electron chi connectivity index (χ0n) is 11.1. The van der Waals surface area contributed by atoms with Gasteiger partial charge in [0.05, 0.1) is 6.33 Å². The molecule has 20 heavy (non-hydrogen) atoms. The average molecular weight is 287 g/mol. The topological polar surface area (TPSA) is 92.3 Å². The molecule has 0 atom stereocenters. The lowest BCUT2D eigenvalue weighted by Crippen LogP contribution is -2.03. The van der Waals surface area contributed by atoms with Crippen LogP contribution in [0.25, 0.3) is 11.2 Å². The molecule has 0 bridgehead atoms. The number of anilines is 1. The van der Waals surface area contributed by atoms with Crippen LogP contribution in [0.15, 0.2) is 28.9 Å². The Labute approximate surface area is 119 Å². The van der Waals surface area contributed by atoms with Crippen LogP contribution in [0, 0.1) is 6.92 Å². The van der Waals surface area contributed by atoms with Crippen LogP contribution in [-0.2, 0) is 0 Å². The predicted molar refractivity (Wildman–Crippen MR) is 76.7 cm³/mol. The monoisotopic (exact) mass is 287 g/mol. The maximum absolute atomic E-state index is 4.49. The predicted octanol–water partition coefficient (Wildman–Crippen LogP) is 2.03. The highest BCUT2D eigenvalue weighted by molar-refractivity contribution is 7.99. The van der Waals surface area contributed by atoms with Gasteiger partial charge in [-0.25, -0.2) is 24.9 Å². The van der Waals surface area contributed by atoms with E-state index in [9.17, 15) is 0 Å². The molecular weight excluding hydrogens is 274 g/mol. The Morgan fingerprint density at radius 2 is 2.10 bits per heavy atom. The highest BCUT2D eigenvalue weighted by atomic mass is 32.2. The van der Waals surface area contributed by atoms with Crippen LogP contribution in [-0.4, -0.2) is 36.4 Å². The first-order valence-corrected chi connectivity index (χ1v) is 6.99. The largest absolute Gasteiger partial charge is 0.354 e. The molecule has 3 aromatic heterocycles. The lowest BCUT2D eigenvalue weighted by molar-refractivity contribution is 0.978. The molecule has 7 nitrogen and oxygen atoms in total. The summed E-state index contributed by atoms with van der Waals surface area (Å²) < 4.78 is 0. The maximum atomic E-state index is 4.49. The van der Waals surface area contributed by atoms with Crippen LogP contribution in [0.5, 0.6) is 0 Å². The number of hydrogen-bond acceptors (Lipinski definition) is 7. The third kappa shape index (κ3) is 2.42. The number of nitrogens with one attached hydrogen (secondary N) is 2. The van der Waals surface area contributed by atoms with Crippen molar-refractivity contribution >= 4 is 28.9 Å². The van der Waals surface area contributed by atoms with Crippen molar-refractivity contribution in [1.29, 1.82) is 0 Å². The first kappa shape index (κ1) is 12.8. The average Bonchev–Trinajstić information content (AvgIpc) is 2.92. The molecule has 0 radical (unpaired) electrons. The van der Waals surface area contributed by atoms with Crippen molar-refractivity contribution in [3.8, 4) is 0 Å². The third-order valence-corrected chi connectivity index (χ3v) is 3.75. The molecule has 0 saturated carbocycles. The number of aromatic amines is 1. The van der Waals surface area contributed by atoms with Gasteiger partial charge < -0.3 is 10.3 Å². The Morgan fingerprint density at radius 1 is 1.20 bits per heavy atom. The van der Waals surface area contributed by atoms with Gasteiger partial charge in [-0.15, -0.1) is 0 Å². The molecule has 0 amide bonds. The number of fused-ring (bicyclic) bond motifs is 1. The molecule has 3 aromatic rings. The van der Waals surface area contributed by atoms with Crippen molar-refractivity contribution < 1.29 is 0 Å². The Morgan fingerprint density at radius 3 is 2.95 bits per heavy atom. The second kappa shape index (κ2) is 5.41. The summed E-state index contributed by atoms with van der Waals surface area (Å²) in [5, 5.41) is 4.77. The van der Waals surface area contributed by atoms with Gasteiger partial charge in [-0.05, 0) is 25.6 Å². The second-order valence-electron chi connectivity index (χ2n) is 4.09. The first-order chi connectivity index (χ1) is 9.78. The van der Waals surface area contributed by atoms with Crippen molar-refractivity contribution in [2.75, 3.05) is 11.9 Å². The zero-order chi connectivity index (χ0) is 13.9. The molecular formula is C12H13N7S. The quantitative estimate of drug-likeness (QED) is 0.709. The van der Waals surface area contributed by atoms with Crippen molar-refractivity contribution in [3.63, 3.8) is 0 Å². The van der Waals surface area contributed by atoms with Crippen LogP contribution in [0.2, 0.25) is 0 Å². The molecule has 0 aliphatic carbocycles. The van der Waals surface area contributed by atoms with Gasteiger partial charge in [0.15, 0.2) is 5.65 Å². The molecule has 8 heteroatoms. The fraction of sp³-hybridized carbons (Fsp3) is 0.250. The van der Waals surface area contributed by atoms with Crippen molar-refractivity contribution in [2.24, 2.45) is 0 Å². The second-order valence-corrected chi connectivity index (χ2v) is 5.07. The van der Waals surface area contributed by atoms with Crippen molar-refractivity contribution in [2.45, 2.75) is 23.9 Å². The summed E-state index contributed by atoms with van der Waals surface area (Å²) in [6.45, 7) is 4.77. The van der Waals surface area contributed by atoms with E-state index in [1.165, 1.54) is 18.1 Å². The van der Waals surface area contributed by atoms with E-state index in [1.807, 2.05) is 13.8 Å². The van der Waals surface area contributed by atoms with Gasteiger partial charge in [0.1, 0.15) is 21.9 Å². The molecule has 0 saturated heterocycles. The van der Waals surface area contributed by atoms with E-state index in [0.717, 1.165) is 27.7 Å². The summed E-state index contributed by atoms with van der Waals surface area (Å²) in [7, 11) is 0. The molecule has 0 aliphatic heterocycles. The fourth-order valence-electron chi connectivity index (χ4n) is 1.68. The Bertz CT molecular complexity index is 740. The lowest BCUT2D eigenvalue weighted by Gasteiger charge is -2.07. The molecule has 2 N–H and O–H groups in total. The molecule has 102 valence electrons. The Hall–Kier alpha value is -2.22. The van der Waals surface area contributed by atoms with Gasteiger partial charge in [0.25, 0.3) is 0 Å². The summed E-state index contributed by atoms with van der Waals surface area (Å²) >= 11 is 1.47. The number of H-pyrrole nitrogens is 1. The normalized spacial score (nSPS) is 10.9. The summed E-state index contributed by atoms with van der Waals surface area (Å²) in [5.41, 5.74) is 2.48. The smallest absolute Gasteiger partial charge is 0.223 e. The van der Waals surface area contributed by atoms with E-state index in [2.05, 4.69) is 35.2 Å². The molecule has 3 heterocycles. The van der Waals surface area contributed by atoms with Gasteiger partial charge in [-0.1, -0.05) is 0 Å². The Balaban J connectivity index is 1.98. The first-order valence-electron chi connectivity index (χ1n) is 6.17. The number of hydrogen-bond donors (Lipinski definition) is 2. The highest BCUT2D eigenvalue weighted by Crippen LogP contribution is 2.30. The van der Waals surface area contributed by atoms with Gasteiger partial charge in [0, 0.05) is 18.3 Å². The van der Waals surface area contributed by atoms with E-state index in [4.69, 9.17) is 0 Å². The fourth-order valence-corrected chi connectivity index (χ4v) is 2.57. The number of aryl methyl sites for hydroxylation is 1. The van der Waals surface area contributed by atoms with Crippen LogP contribution in [0.4, 0.5) is 5.95 Å². The van der Waals surface area contributed by atoms with E-state index < -0.39 is 0 Å². The summed E-state index contributed by atoms with van der Waals surface area (Å²) in [6.07, 6.45) is 4.92. The number of aromatic nitrogens is 6. The number of imidazole rings is 1. The van der Waals surface area contributed by atoms with Gasteiger partial charge in [-0.3, -0.25) is 0 Å². The van der Waals surface area contributed by atoms with Crippen LogP contribution in [0.1, 0.15) is 12.5 Å². The Kier molecular flexibility index (Phi) is 3.46. The molecule has 0 spiro atoms. The third-order valence-electron chi connectivity index (χ3n) is 2.64. The van der Waals surface area contributed by atoms with Gasteiger partial charge in [0.2, 0.25) is 5.95 Å². The van der Waals surface area contributed by atoms with Gasteiger partial charge in [-0.2, -0.15) is 0 Å². The standard InChI is InChI=1S/C12H13N7S/c1-3-13-12-14-4-7(2)10(19-12)20-11-8-9(16-5-15-8)17-6-18-11/h4-6H,3H2,1-2H3,(H,13,14,19)(H,15,16,17,18). The van der Waals surface area contributed by atoms with Crippen LogP contribution >= 0.6 is 11.8 Å². The molecule has 0 aliphatic rings. The summed E-state index contributed by atoms with van der Waals surface area (Å²) in [4.78, 5) is 24.3. The SMILES string of the molecule is CCNc1ncc(C)c(Sc2ncnc3nc[nH]c23)n1. The molecule has 3 rings (SSSR count). The van der Waals surface area contributed by atoms with E-state index >= 15 is 0 Å². The lowest BCUT2D eigenvalue weighted by atomic mass is 10.4. The molecule has 0 aromatic carbocycles. The van der Waals surface area contributed by atoms with E-state index in [1.54, 1.807) is 12.5 Å². The minimum atomic E-state index is 0.621. The highest BCUT2D eigenvalue weighted by Gasteiger charge is 2.11. The summed E-state index contributed by atoms with van der Waals surface area (Å²) in [5.74, 6) is 0.621. The molecule has 0 fully saturated rings. The number of rotatable bonds is 4.